The van der Waals surface area contributed by atoms with Crippen LogP contribution in [0.1, 0.15) is 30.1 Å². The van der Waals surface area contributed by atoms with Gasteiger partial charge in [0.15, 0.2) is 0 Å². The molecule has 1 fully saturated rings. The van der Waals surface area contributed by atoms with E-state index in [1.807, 2.05) is 12.1 Å². The first-order valence-electron chi connectivity index (χ1n) is 8.10. The highest BCUT2D eigenvalue weighted by Gasteiger charge is 2.28. The summed E-state index contributed by atoms with van der Waals surface area (Å²) in [6, 6.07) is 7.26. The number of likely N-dealkylation sites (tertiary alicyclic amines) is 1. The molecule has 0 radical (unpaired) electrons. The number of esters is 1. The molecule has 126 valence electrons. The van der Waals surface area contributed by atoms with Crippen molar-refractivity contribution in [3.63, 3.8) is 0 Å². The van der Waals surface area contributed by atoms with Crippen molar-refractivity contribution in [1.82, 2.24) is 19.7 Å². The minimum absolute atomic E-state index is 0.0116. The SMILES string of the molecule is CCOC(=O)C1CCN(C(=O)c2ccc(-n3cncn3)cc2)CC1. The van der Waals surface area contributed by atoms with E-state index in [0.717, 1.165) is 5.69 Å². The van der Waals surface area contributed by atoms with E-state index in [1.54, 1.807) is 35.0 Å². The molecule has 1 aliphatic heterocycles. The number of benzene rings is 1. The average Bonchev–Trinajstić information content (AvgIpc) is 3.16. The Morgan fingerprint density at radius 2 is 1.92 bits per heavy atom. The molecule has 1 aromatic heterocycles. The molecule has 1 saturated heterocycles. The maximum Gasteiger partial charge on any atom is 0.309 e. The predicted molar refractivity (Wildman–Crippen MR) is 86.6 cm³/mol. The van der Waals surface area contributed by atoms with Crippen molar-refractivity contribution in [2.45, 2.75) is 19.8 Å². The van der Waals surface area contributed by atoms with E-state index in [1.165, 1.54) is 6.33 Å². The van der Waals surface area contributed by atoms with Gasteiger partial charge in [-0.05, 0) is 44.0 Å². The summed E-state index contributed by atoms with van der Waals surface area (Å²) < 4.78 is 6.69. The van der Waals surface area contributed by atoms with Crippen molar-refractivity contribution in [2.24, 2.45) is 5.92 Å². The van der Waals surface area contributed by atoms with Crippen LogP contribution in [-0.2, 0) is 9.53 Å². The van der Waals surface area contributed by atoms with Crippen LogP contribution in [0.4, 0.5) is 0 Å². The number of aromatic nitrogens is 3. The number of hydrogen-bond donors (Lipinski definition) is 0. The van der Waals surface area contributed by atoms with Gasteiger partial charge in [-0.15, -0.1) is 0 Å². The Kier molecular flexibility index (Phi) is 4.88. The Labute approximate surface area is 140 Å². The summed E-state index contributed by atoms with van der Waals surface area (Å²) in [6.45, 7) is 3.36. The molecule has 1 aromatic carbocycles. The van der Waals surface area contributed by atoms with Gasteiger partial charge in [0.25, 0.3) is 5.91 Å². The number of amides is 1. The van der Waals surface area contributed by atoms with Crippen molar-refractivity contribution < 1.29 is 14.3 Å². The zero-order valence-corrected chi connectivity index (χ0v) is 13.6. The fraction of sp³-hybridized carbons (Fsp3) is 0.412. The van der Waals surface area contributed by atoms with E-state index in [-0.39, 0.29) is 17.8 Å². The summed E-state index contributed by atoms with van der Waals surface area (Å²) >= 11 is 0. The largest absolute Gasteiger partial charge is 0.466 e. The van der Waals surface area contributed by atoms with E-state index in [9.17, 15) is 9.59 Å². The summed E-state index contributed by atoms with van der Waals surface area (Å²) in [5.41, 5.74) is 1.48. The van der Waals surface area contributed by atoms with Crippen molar-refractivity contribution >= 4 is 11.9 Å². The summed E-state index contributed by atoms with van der Waals surface area (Å²) in [6.07, 6.45) is 4.38. The van der Waals surface area contributed by atoms with Gasteiger partial charge in [0.1, 0.15) is 12.7 Å². The molecule has 0 atom stereocenters. The molecule has 2 heterocycles. The monoisotopic (exact) mass is 328 g/mol. The van der Waals surface area contributed by atoms with Gasteiger partial charge in [-0.25, -0.2) is 9.67 Å². The molecule has 0 unspecified atom stereocenters. The molecular formula is C17H20N4O3. The minimum atomic E-state index is -0.151. The second kappa shape index (κ2) is 7.25. The number of ether oxygens (including phenoxy) is 1. The molecule has 24 heavy (non-hydrogen) atoms. The molecule has 7 nitrogen and oxygen atoms in total. The van der Waals surface area contributed by atoms with Crippen molar-refractivity contribution in [1.29, 1.82) is 0 Å². The van der Waals surface area contributed by atoms with Crippen LogP contribution in [0.15, 0.2) is 36.9 Å². The maximum absolute atomic E-state index is 12.6. The Hall–Kier alpha value is -2.70. The first kappa shape index (κ1) is 16.2. The van der Waals surface area contributed by atoms with Gasteiger partial charge in [0.05, 0.1) is 18.2 Å². The first-order valence-corrected chi connectivity index (χ1v) is 8.10. The standard InChI is InChI=1S/C17H20N4O3/c1-2-24-17(23)14-7-9-20(10-8-14)16(22)13-3-5-15(6-4-13)21-12-18-11-19-21/h3-6,11-12,14H,2,7-10H2,1H3. The summed E-state index contributed by atoms with van der Waals surface area (Å²) in [4.78, 5) is 30.0. The Bertz CT molecular complexity index is 689. The minimum Gasteiger partial charge on any atom is -0.466 e. The van der Waals surface area contributed by atoms with Crippen LogP contribution < -0.4 is 0 Å². The first-order chi connectivity index (χ1) is 11.7. The van der Waals surface area contributed by atoms with Crippen LogP contribution in [-0.4, -0.2) is 51.2 Å². The van der Waals surface area contributed by atoms with Crippen LogP contribution in [0.3, 0.4) is 0 Å². The van der Waals surface area contributed by atoms with Crippen LogP contribution in [0.5, 0.6) is 0 Å². The lowest BCUT2D eigenvalue weighted by molar-refractivity contribution is -0.149. The normalized spacial score (nSPS) is 15.3. The third-order valence-electron chi connectivity index (χ3n) is 4.20. The summed E-state index contributed by atoms with van der Waals surface area (Å²) in [5, 5.41) is 4.06. The molecule has 7 heteroatoms. The molecule has 0 saturated carbocycles. The third-order valence-corrected chi connectivity index (χ3v) is 4.20. The van der Waals surface area contributed by atoms with Gasteiger partial charge >= 0.3 is 5.97 Å². The lowest BCUT2D eigenvalue weighted by atomic mass is 9.96. The molecule has 1 amide bonds. The Morgan fingerprint density at radius 3 is 2.50 bits per heavy atom. The van der Waals surface area contributed by atoms with E-state index < -0.39 is 0 Å². The van der Waals surface area contributed by atoms with Gasteiger partial charge < -0.3 is 9.64 Å². The topological polar surface area (TPSA) is 77.3 Å². The molecule has 2 aromatic rings. The van der Waals surface area contributed by atoms with E-state index >= 15 is 0 Å². The molecule has 0 aliphatic carbocycles. The number of nitrogens with zero attached hydrogens (tertiary/aromatic N) is 4. The zero-order valence-electron chi connectivity index (χ0n) is 13.6. The van der Waals surface area contributed by atoms with Crippen LogP contribution in [0.25, 0.3) is 5.69 Å². The summed E-state index contributed by atoms with van der Waals surface area (Å²) in [7, 11) is 0. The van der Waals surface area contributed by atoms with Gasteiger partial charge in [-0.3, -0.25) is 9.59 Å². The molecular weight excluding hydrogens is 308 g/mol. The fourth-order valence-corrected chi connectivity index (χ4v) is 2.86. The lowest BCUT2D eigenvalue weighted by Gasteiger charge is -2.31. The van der Waals surface area contributed by atoms with Crippen molar-refractivity contribution in [3.8, 4) is 5.69 Å². The van der Waals surface area contributed by atoms with E-state index in [4.69, 9.17) is 4.74 Å². The maximum atomic E-state index is 12.6. The second-order valence-electron chi connectivity index (χ2n) is 5.71. The molecule has 0 bridgehead atoms. The van der Waals surface area contributed by atoms with Crippen LogP contribution in [0, 0.1) is 5.92 Å². The molecule has 1 aliphatic rings. The predicted octanol–water partition coefficient (Wildman–Crippen LogP) is 1.68. The van der Waals surface area contributed by atoms with Crippen molar-refractivity contribution in [3.05, 3.63) is 42.5 Å². The Morgan fingerprint density at radius 1 is 1.21 bits per heavy atom. The number of carbonyl (C=O) groups is 2. The molecule has 0 N–H and O–H groups in total. The van der Waals surface area contributed by atoms with E-state index in [0.29, 0.717) is 38.1 Å². The smallest absolute Gasteiger partial charge is 0.309 e. The third kappa shape index (κ3) is 3.45. The average molecular weight is 328 g/mol. The van der Waals surface area contributed by atoms with Gasteiger partial charge in [-0.2, -0.15) is 5.10 Å². The Balaban J connectivity index is 1.60. The number of hydrogen-bond acceptors (Lipinski definition) is 5. The number of piperidine rings is 1. The highest BCUT2D eigenvalue weighted by atomic mass is 16.5. The molecule has 3 rings (SSSR count). The van der Waals surface area contributed by atoms with Gasteiger partial charge in [0, 0.05) is 18.7 Å². The number of carbonyl (C=O) groups excluding carboxylic acids is 2. The highest BCUT2D eigenvalue weighted by Crippen LogP contribution is 2.20. The number of rotatable bonds is 4. The molecule has 0 spiro atoms. The second-order valence-corrected chi connectivity index (χ2v) is 5.71. The quantitative estimate of drug-likeness (QED) is 0.798. The fourth-order valence-electron chi connectivity index (χ4n) is 2.86. The zero-order chi connectivity index (χ0) is 16.9. The lowest BCUT2D eigenvalue weighted by Crippen LogP contribution is -2.40. The van der Waals surface area contributed by atoms with Gasteiger partial charge in [0.2, 0.25) is 0 Å². The summed E-state index contributed by atoms with van der Waals surface area (Å²) in [5.74, 6) is -0.257. The van der Waals surface area contributed by atoms with Gasteiger partial charge in [-0.1, -0.05) is 0 Å². The van der Waals surface area contributed by atoms with Crippen LogP contribution >= 0.6 is 0 Å². The highest BCUT2D eigenvalue weighted by molar-refractivity contribution is 5.94. The van der Waals surface area contributed by atoms with Crippen LogP contribution in [0.2, 0.25) is 0 Å². The van der Waals surface area contributed by atoms with Crippen molar-refractivity contribution in [2.75, 3.05) is 19.7 Å². The van der Waals surface area contributed by atoms with E-state index in [2.05, 4.69) is 10.1 Å².